The third kappa shape index (κ3) is 3.00. The zero-order valence-corrected chi connectivity index (χ0v) is 11.4. The smallest absolute Gasteiger partial charge is 0.330 e. The van der Waals surface area contributed by atoms with Gasteiger partial charge in [0.25, 0.3) is 5.56 Å². The van der Waals surface area contributed by atoms with Gasteiger partial charge in [-0.3, -0.25) is 14.3 Å². The summed E-state index contributed by atoms with van der Waals surface area (Å²) in [6, 6.07) is 0. The highest BCUT2D eigenvalue weighted by Crippen LogP contribution is 2.27. The van der Waals surface area contributed by atoms with Gasteiger partial charge in [0.2, 0.25) is 0 Å². The second-order valence-corrected chi connectivity index (χ2v) is 5.04. The van der Waals surface area contributed by atoms with Gasteiger partial charge in [-0.05, 0) is 12.8 Å². The lowest BCUT2D eigenvalue weighted by Crippen LogP contribution is -2.34. The SMILES string of the molecule is CCCCc1cn([C@H]2C[C@H](O)[C@@H](CO)O2)c(=O)[nH]c1=O. The molecule has 2 heterocycles. The topological polar surface area (TPSA) is 105 Å². The van der Waals surface area contributed by atoms with Crippen molar-refractivity contribution in [3.05, 3.63) is 32.6 Å². The lowest BCUT2D eigenvalue weighted by molar-refractivity contribution is -0.0460. The minimum atomic E-state index is -0.817. The number of H-pyrrole nitrogens is 1. The zero-order chi connectivity index (χ0) is 14.7. The highest BCUT2D eigenvalue weighted by molar-refractivity contribution is 5.05. The molecule has 7 heteroatoms. The average molecular weight is 284 g/mol. The van der Waals surface area contributed by atoms with Crippen LogP contribution in [0.4, 0.5) is 0 Å². The van der Waals surface area contributed by atoms with E-state index < -0.39 is 24.1 Å². The molecule has 1 aliphatic rings. The van der Waals surface area contributed by atoms with Crippen molar-refractivity contribution < 1.29 is 14.9 Å². The Morgan fingerprint density at radius 3 is 2.85 bits per heavy atom. The van der Waals surface area contributed by atoms with Crippen LogP contribution in [0.3, 0.4) is 0 Å². The largest absolute Gasteiger partial charge is 0.394 e. The number of aromatic amines is 1. The van der Waals surface area contributed by atoms with Crippen LogP contribution in [0.15, 0.2) is 15.8 Å². The Bertz CT molecular complexity index is 565. The van der Waals surface area contributed by atoms with Gasteiger partial charge in [0.1, 0.15) is 12.3 Å². The minimum absolute atomic E-state index is 0.213. The normalized spacial score (nSPS) is 26.1. The highest BCUT2D eigenvalue weighted by atomic mass is 16.5. The fourth-order valence-corrected chi connectivity index (χ4v) is 2.34. The molecule has 0 bridgehead atoms. The molecule has 0 spiro atoms. The number of aliphatic hydroxyl groups excluding tert-OH is 2. The summed E-state index contributed by atoms with van der Waals surface area (Å²) in [5.41, 5.74) is -0.417. The fraction of sp³-hybridized carbons (Fsp3) is 0.692. The van der Waals surface area contributed by atoms with Crippen LogP contribution in [0.2, 0.25) is 0 Å². The van der Waals surface area contributed by atoms with Gasteiger partial charge in [-0.25, -0.2) is 4.79 Å². The van der Waals surface area contributed by atoms with Gasteiger partial charge >= 0.3 is 5.69 Å². The summed E-state index contributed by atoms with van der Waals surface area (Å²) in [6.45, 7) is 1.71. The number of ether oxygens (including phenoxy) is 1. The maximum Gasteiger partial charge on any atom is 0.330 e. The summed E-state index contributed by atoms with van der Waals surface area (Å²) in [7, 11) is 0. The fourth-order valence-electron chi connectivity index (χ4n) is 2.34. The number of hydrogen-bond donors (Lipinski definition) is 3. The number of hydrogen-bond acceptors (Lipinski definition) is 5. The van der Waals surface area contributed by atoms with Crippen molar-refractivity contribution in [1.82, 2.24) is 9.55 Å². The number of aromatic nitrogens is 2. The van der Waals surface area contributed by atoms with Crippen molar-refractivity contribution in [3.63, 3.8) is 0 Å². The Kier molecular flexibility index (Phi) is 4.74. The zero-order valence-electron chi connectivity index (χ0n) is 11.4. The maximum atomic E-state index is 11.8. The van der Waals surface area contributed by atoms with Gasteiger partial charge in [-0.2, -0.15) is 0 Å². The standard InChI is InChI=1S/C13H20N2O5/c1-2-3-4-8-6-15(13(19)14-12(8)18)11-5-9(17)10(7-16)20-11/h6,9-11,16-17H,2-5,7H2,1H3,(H,14,18,19)/t9-,10+,11+/m0/s1. The minimum Gasteiger partial charge on any atom is -0.394 e. The molecule has 1 aliphatic heterocycles. The van der Waals surface area contributed by atoms with Gasteiger partial charge in [-0.15, -0.1) is 0 Å². The first-order chi connectivity index (χ1) is 9.56. The van der Waals surface area contributed by atoms with Crippen LogP contribution in [-0.4, -0.2) is 38.6 Å². The van der Waals surface area contributed by atoms with E-state index in [0.29, 0.717) is 12.0 Å². The number of nitrogens with one attached hydrogen (secondary N) is 1. The van der Waals surface area contributed by atoms with Gasteiger partial charge in [0.15, 0.2) is 0 Å². The van der Waals surface area contributed by atoms with E-state index in [1.807, 2.05) is 6.92 Å². The van der Waals surface area contributed by atoms with Crippen LogP contribution in [0.25, 0.3) is 0 Å². The molecule has 1 saturated heterocycles. The Balaban J connectivity index is 2.28. The molecule has 0 saturated carbocycles. The molecular weight excluding hydrogens is 264 g/mol. The molecule has 20 heavy (non-hydrogen) atoms. The van der Waals surface area contributed by atoms with E-state index in [2.05, 4.69) is 4.98 Å². The summed E-state index contributed by atoms with van der Waals surface area (Å²) in [4.78, 5) is 25.8. The molecule has 1 aromatic heterocycles. The van der Waals surface area contributed by atoms with Gasteiger partial charge < -0.3 is 14.9 Å². The monoisotopic (exact) mass is 284 g/mol. The third-order valence-corrected chi connectivity index (χ3v) is 3.54. The summed E-state index contributed by atoms with van der Waals surface area (Å²) in [6.07, 6.45) is 1.93. The van der Waals surface area contributed by atoms with E-state index in [9.17, 15) is 14.7 Å². The predicted octanol–water partition coefficient (Wildman–Crippen LogP) is -0.480. The van der Waals surface area contributed by atoms with Crippen LogP contribution in [0, 0.1) is 0 Å². The maximum absolute atomic E-state index is 11.8. The van der Waals surface area contributed by atoms with Crippen LogP contribution >= 0.6 is 0 Å². The van der Waals surface area contributed by atoms with Crippen LogP contribution in [0.1, 0.15) is 38.0 Å². The molecule has 0 radical (unpaired) electrons. The van der Waals surface area contributed by atoms with Crippen molar-refractivity contribution in [2.24, 2.45) is 0 Å². The Morgan fingerprint density at radius 1 is 1.50 bits per heavy atom. The van der Waals surface area contributed by atoms with E-state index in [4.69, 9.17) is 9.84 Å². The molecule has 0 aromatic carbocycles. The molecule has 0 unspecified atom stereocenters. The van der Waals surface area contributed by atoms with Crippen LogP contribution < -0.4 is 11.2 Å². The first-order valence-electron chi connectivity index (χ1n) is 6.85. The average Bonchev–Trinajstić information content (AvgIpc) is 2.79. The molecule has 112 valence electrons. The number of nitrogens with zero attached hydrogens (tertiary/aromatic N) is 1. The quantitative estimate of drug-likeness (QED) is 0.677. The van der Waals surface area contributed by atoms with E-state index in [1.54, 1.807) is 0 Å². The van der Waals surface area contributed by atoms with E-state index >= 15 is 0 Å². The molecule has 3 N–H and O–H groups in total. The van der Waals surface area contributed by atoms with E-state index in [0.717, 1.165) is 12.8 Å². The number of unbranched alkanes of at least 4 members (excludes halogenated alkanes) is 1. The summed E-state index contributed by atoms with van der Waals surface area (Å²) >= 11 is 0. The number of aryl methyl sites for hydroxylation is 1. The Hall–Kier alpha value is -1.44. The van der Waals surface area contributed by atoms with Gasteiger partial charge in [0.05, 0.1) is 12.7 Å². The molecule has 1 fully saturated rings. The Morgan fingerprint density at radius 2 is 2.25 bits per heavy atom. The molecule has 0 aliphatic carbocycles. The summed E-state index contributed by atoms with van der Waals surface area (Å²) in [5, 5.41) is 18.8. The molecule has 7 nitrogen and oxygen atoms in total. The Labute approximate surface area is 115 Å². The molecule has 1 aromatic rings. The van der Waals surface area contributed by atoms with Crippen molar-refractivity contribution in [3.8, 4) is 0 Å². The first kappa shape index (κ1) is 15.0. The molecule has 0 amide bonds. The lowest BCUT2D eigenvalue weighted by atomic mass is 10.1. The molecule has 3 atom stereocenters. The third-order valence-electron chi connectivity index (χ3n) is 3.54. The van der Waals surface area contributed by atoms with Crippen LogP contribution in [0.5, 0.6) is 0 Å². The second kappa shape index (κ2) is 6.34. The van der Waals surface area contributed by atoms with Crippen molar-refractivity contribution >= 4 is 0 Å². The molecule has 2 rings (SSSR count). The summed E-state index contributed by atoms with van der Waals surface area (Å²) in [5.74, 6) is 0. The van der Waals surface area contributed by atoms with Crippen molar-refractivity contribution in [2.75, 3.05) is 6.61 Å². The van der Waals surface area contributed by atoms with Crippen molar-refractivity contribution in [2.45, 2.75) is 51.0 Å². The number of aliphatic hydroxyl groups is 2. The van der Waals surface area contributed by atoms with Gasteiger partial charge in [0, 0.05) is 18.2 Å². The number of rotatable bonds is 5. The predicted molar refractivity (Wildman–Crippen MR) is 71.6 cm³/mol. The highest BCUT2D eigenvalue weighted by Gasteiger charge is 2.35. The van der Waals surface area contributed by atoms with E-state index in [1.165, 1.54) is 10.8 Å². The first-order valence-corrected chi connectivity index (χ1v) is 6.85. The van der Waals surface area contributed by atoms with Gasteiger partial charge in [-0.1, -0.05) is 13.3 Å². The lowest BCUT2D eigenvalue weighted by Gasteiger charge is -2.15. The summed E-state index contributed by atoms with van der Waals surface area (Å²) < 4.78 is 6.71. The van der Waals surface area contributed by atoms with Crippen molar-refractivity contribution in [1.29, 1.82) is 0 Å². The van der Waals surface area contributed by atoms with Crippen LogP contribution in [-0.2, 0) is 11.2 Å². The molecular formula is C13H20N2O5. The second-order valence-electron chi connectivity index (χ2n) is 5.04. The van der Waals surface area contributed by atoms with E-state index in [-0.39, 0.29) is 18.6 Å².